The van der Waals surface area contributed by atoms with E-state index in [2.05, 4.69) is 70.4 Å². The van der Waals surface area contributed by atoms with Crippen LogP contribution in [-0.4, -0.2) is 40.1 Å². The van der Waals surface area contributed by atoms with Crippen LogP contribution < -0.4 is 9.80 Å². The Morgan fingerprint density at radius 2 is 1.23 bits per heavy atom. The summed E-state index contributed by atoms with van der Waals surface area (Å²) < 4.78 is 10.8. The molecule has 0 bridgehead atoms. The second-order valence-corrected chi connectivity index (χ2v) is 8.74. The van der Waals surface area contributed by atoms with Crippen molar-refractivity contribution in [3.05, 3.63) is 56.6 Å². The molecule has 2 aromatic carbocycles. The molecule has 3 rings (SSSR count). The molecule has 30 heavy (non-hydrogen) atoms. The quantitative estimate of drug-likeness (QED) is 0.552. The molecule has 0 atom stereocenters. The van der Waals surface area contributed by atoms with Crippen molar-refractivity contribution in [1.82, 2.24) is 0 Å². The van der Waals surface area contributed by atoms with E-state index in [0.29, 0.717) is 19.8 Å². The highest BCUT2D eigenvalue weighted by molar-refractivity contribution is 5.78. The molecule has 1 aliphatic rings. The molecule has 0 N–H and O–H groups in total. The van der Waals surface area contributed by atoms with E-state index in [9.17, 15) is 0 Å². The zero-order chi connectivity index (χ0) is 22.0. The van der Waals surface area contributed by atoms with Crippen molar-refractivity contribution in [1.29, 1.82) is 0 Å². The molecule has 0 spiro atoms. The first-order valence-corrected chi connectivity index (χ1v) is 11.0. The Morgan fingerprint density at radius 3 is 1.80 bits per heavy atom. The third kappa shape index (κ3) is 4.35. The highest BCUT2D eigenvalue weighted by Gasteiger charge is 2.27. The van der Waals surface area contributed by atoms with Crippen molar-refractivity contribution in [2.45, 2.75) is 55.0 Å². The summed E-state index contributed by atoms with van der Waals surface area (Å²) in [4.78, 5) is 4.98. The Bertz CT molecular complexity index is 891. The maximum absolute atomic E-state index is 5.76. The van der Waals surface area contributed by atoms with Gasteiger partial charge in [0.05, 0.1) is 37.9 Å². The van der Waals surface area contributed by atoms with Gasteiger partial charge in [-0.2, -0.15) is 0 Å². The summed E-state index contributed by atoms with van der Waals surface area (Å²) in [6.45, 7) is 20.5. The minimum Gasteiger partial charge on any atom is -0.382 e. The topological polar surface area (TPSA) is 24.9 Å². The number of methoxy groups -OCH3 is 1. The third-order valence-corrected chi connectivity index (χ3v) is 7.06. The van der Waals surface area contributed by atoms with Gasteiger partial charge in [-0.15, -0.1) is 0 Å². The minimum absolute atomic E-state index is 0.645. The summed E-state index contributed by atoms with van der Waals surface area (Å²) in [6.07, 6.45) is 0. The predicted molar refractivity (Wildman–Crippen MR) is 127 cm³/mol. The fourth-order valence-electron chi connectivity index (χ4n) is 4.40. The molecule has 0 unspecified atom stereocenters. The molecule has 0 aromatic heterocycles. The third-order valence-electron chi connectivity index (χ3n) is 7.06. The first-order chi connectivity index (χ1) is 14.3. The Hall–Kier alpha value is -2.04. The van der Waals surface area contributed by atoms with Crippen LogP contribution in [0, 0.1) is 48.5 Å². The highest BCUT2D eigenvalue weighted by Crippen LogP contribution is 2.40. The standard InChI is InChI=1S/C26H38N2O2/c1-17-13-25-26(14-18(17)2)28(16-27(25)9-10-30-12-11-29-8)15-24-22(6)20(4)19(3)21(5)23(24)7/h13-14H,9-12,15-16H2,1-8H3. The smallest absolute Gasteiger partial charge is 0.0908 e. The van der Waals surface area contributed by atoms with E-state index in [1.165, 1.54) is 55.9 Å². The maximum atomic E-state index is 5.76. The van der Waals surface area contributed by atoms with Crippen LogP contribution >= 0.6 is 0 Å². The lowest BCUT2D eigenvalue weighted by atomic mass is 9.89. The summed E-state index contributed by atoms with van der Waals surface area (Å²) >= 11 is 0. The van der Waals surface area contributed by atoms with Crippen LogP contribution in [0.4, 0.5) is 11.4 Å². The van der Waals surface area contributed by atoms with Crippen molar-refractivity contribution in [3.8, 4) is 0 Å². The Kier molecular flexibility index (Phi) is 7.10. The maximum Gasteiger partial charge on any atom is 0.0908 e. The molecule has 4 heteroatoms. The van der Waals surface area contributed by atoms with Crippen LogP contribution in [0.15, 0.2) is 12.1 Å². The number of ether oxygens (including phenoxy) is 2. The van der Waals surface area contributed by atoms with E-state index >= 15 is 0 Å². The number of hydrogen-bond donors (Lipinski definition) is 0. The molecule has 0 fully saturated rings. The van der Waals surface area contributed by atoms with Gasteiger partial charge in [0.1, 0.15) is 0 Å². The van der Waals surface area contributed by atoms with E-state index in [1.54, 1.807) is 7.11 Å². The largest absolute Gasteiger partial charge is 0.382 e. The zero-order valence-corrected chi connectivity index (χ0v) is 20.1. The number of benzene rings is 2. The zero-order valence-electron chi connectivity index (χ0n) is 20.1. The fraction of sp³-hybridized carbons (Fsp3) is 0.538. The molecular formula is C26H38N2O2. The van der Waals surface area contributed by atoms with Crippen LogP contribution in [0.25, 0.3) is 0 Å². The Labute approximate surface area is 182 Å². The minimum atomic E-state index is 0.645. The normalized spacial score (nSPS) is 13.3. The van der Waals surface area contributed by atoms with Gasteiger partial charge in [0.2, 0.25) is 0 Å². The fourth-order valence-corrected chi connectivity index (χ4v) is 4.40. The lowest BCUT2D eigenvalue weighted by Gasteiger charge is -2.26. The lowest BCUT2D eigenvalue weighted by molar-refractivity contribution is 0.0741. The average Bonchev–Trinajstić information content (AvgIpc) is 3.04. The van der Waals surface area contributed by atoms with Crippen molar-refractivity contribution in [2.75, 3.05) is 49.9 Å². The van der Waals surface area contributed by atoms with Crippen LogP contribution in [-0.2, 0) is 16.0 Å². The van der Waals surface area contributed by atoms with Crippen molar-refractivity contribution < 1.29 is 9.47 Å². The van der Waals surface area contributed by atoms with Crippen molar-refractivity contribution in [2.24, 2.45) is 0 Å². The summed E-state index contributed by atoms with van der Waals surface area (Å²) in [5, 5.41) is 0. The number of anilines is 2. The molecular weight excluding hydrogens is 372 g/mol. The van der Waals surface area contributed by atoms with Gasteiger partial charge in [-0.05, 0) is 105 Å². The van der Waals surface area contributed by atoms with Crippen molar-refractivity contribution >= 4 is 11.4 Å². The van der Waals surface area contributed by atoms with Gasteiger partial charge in [-0.3, -0.25) is 0 Å². The molecule has 0 aliphatic carbocycles. The monoisotopic (exact) mass is 410 g/mol. The summed E-state index contributed by atoms with van der Waals surface area (Å²) in [5.74, 6) is 0. The second-order valence-electron chi connectivity index (χ2n) is 8.74. The first kappa shape index (κ1) is 22.6. The number of hydrogen-bond acceptors (Lipinski definition) is 4. The number of fused-ring (bicyclic) bond motifs is 1. The molecule has 0 radical (unpaired) electrons. The molecule has 0 amide bonds. The number of rotatable bonds is 8. The molecule has 0 saturated heterocycles. The van der Waals surface area contributed by atoms with Gasteiger partial charge in [0, 0.05) is 20.2 Å². The van der Waals surface area contributed by atoms with E-state index in [0.717, 1.165) is 19.8 Å². The number of nitrogens with zero attached hydrogens (tertiary/aromatic N) is 2. The van der Waals surface area contributed by atoms with E-state index < -0.39 is 0 Å². The summed E-state index contributed by atoms with van der Waals surface area (Å²) in [5.41, 5.74) is 14.0. The molecule has 2 aromatic rings. The van der Waals surface area contributed by atoms with Gasteiger partial charge in [0.25, 0.3) is 0 Å². The first-order valence-electron chi connectivity index (χ1n) is 11.0. The Balaban J connectivity index is 1.88. The molecule has 1 aliphatic heterocycles. The Morgan fingerprint density at radius 1 is 0.700 bits per heavy atom. The summed E-state index contributed by atoms with van der Waals surface area (Å²) in [7, 11) is 1.71. The molecule has 1 heterocycles. The van der Waals surface area contributed by atoms with Crippen LogP contribution in [0.3, 0.4) is 0 Å². The predicted octanol–water partition coefficient (Wildman–Crippen LogP) is 5.29. The SMILES string of the molecule is COCCOCCN1CN(Cc2c(C)c(C)c(C)c(C)c2C)c2cc(C)c(C)cc21. The number of aryl methyl sites for hydroxylation is 2. The molecule has 4 nitrogen and oxygen atoms in total. The van der Waals surface area contributed by atoms with Gasteiger partial charge < -0.3 is 19.3 Å². The van der Waals surface area contributed by atoms with Crippen LogP contribution in [0.5, 0.6) is 0 Å². The van der Waals surface area contributed by atoms with Crippen molar-refractivity contribution in [3.63, 3.8) is 0 Å². The molecule has 0 saturated carbocycles. The van der Waals surface area contributed by atoms with Crippen LogP contribution in [0.1, 0.15) is 44.5 Å². The van der Waals surface area contributed by atoms with Gasteiger partial charge >= 0.3 is 0 Å². The molecule has 164 valence electrons. The van der Waals surface area contributed by atoms with Crippen LogP contribution in [0.2, 0.25) is 0 Å². The average molecular weight is 411 g/mol. The van der Waals surface area contributed by atoms with Gasteiger partial charge in [0.15, 0.2) is 0 Å². The second kappa shape index (κ2) is 9.40. The lowest BCUT2D eigenvalue weighted by Crippen LogP contribution is -2.33. The van der Waals surface area contributed by atoms with E-state index in [-0.39, 0.29) is 0 Å². The van der Waals surface area contributed by atoms with E-state index in [1.807, 2.05) is 0 Å². The van der Waals surface area contributed by atoms with Gasteiger partial charge in [-0.25, -0.2) is 0 Å². The van der Waals surface area contributed by atoms with E-state index in [4.69, 9.17) is 9.47 Å². The highest BCUT2D eigenvalue weighted by atomic mass is 16.5. The summed E-state index contributed by atoms with van der Waals surface area (Å²) in [6, 6.07) is 4.69. The van der Waals surface area contributed by atoms with Gasteiger partial charge in [-0.1, -0.05) is 0 Å².